The molecule has 0 unspecified atom stereocenters. The lowest BCUT2D eigenvalue weighted by molar-refractivity contribution is -0.112. The number of nitriles is 1. The third-order valence-electron chi connectivity index (χ3n) is 2.67. The highest BCUT2D eigenvalue weighted by molar-refractivity contribution is 9.10. The first-order chi connectivity index (χ1) is 10.1. The van der Waals surface area contributed by atoms with E-state index in [4.69, 9.17) is 16.9 Å². The highest BCUT2D eigenvalue weighted by atomic mass is 79.9. The number of halogens is 2. The zero-order chi connectivity index (χ0) is 15.2. The van der Waals surface area contributed by atoms with Crippen LogP contribution < -0.4 is 5.32 Å². The molecule has 5 heteroatoms. The van der Waals surface area contributed by atoms with Crippen LogP contribution in [-0.4, -0.2) is 5.91 Å². The fourth-order valence-corrected chi connectivity index (χ4v) is 2.08. The molecule has 0 aliphatic rings. The maximum Gasteiger partial charge on any atom is 0.266 e. The molecule has 21 heavy (non-hydrogen) atoms. The summed E-state index contributed by atoms with van der Waals surface area (Å²) >= 11 is 9.33. The number of anilines is 1. The molecule has 0 aromatic heterocycles. The molecule has 0 saturated carbocycles. The molecule has 0 atom stereocenters. The molecule has 0 spiro atoms. The van der Waals surface area contributed by atoms with Crippen molar-refractivity contribution in [1.82, 2.24) is 0 Å². The average molecular weight is 362 g/mol. The molecule has 0 heterocycles. The lowest BCUT2D eigenvalue weighted by atomic mass is 10.1. The first-order valence-electron chi connectivity index (χ1n) is 6.03. The van der Waals surface area contributed by atoms with Crippen molar-refractivity contribution in [3.8, 4) is 6.07 Å². The van der Waals surface area contributed by atoms with Gasteiger partial charge in [-0.1, -0.05) is 45.7 Å². The van der Waals surface area contributed by atoms with Gasteiger partial charge in [0.1, 0.15) is 11.6 Å². The van der Waals surface area contributed by atoms with Crippen LogP contribution in [0.4, 0.5) is 5.69 Å². The van der Waals surface area contributed by atoms with E-state index in [0.717, 1.165) is 4.47 Å². The van der Waals surface area contributed by atoms with Crippen LogP contribution in [-0.2, 0) is 4.79 Å². The van der Waals surface area contributed by atoms with Crippen molar-refractivity contribution < 1.29 is 4.79 Å². The lowest BCUT2D eigenvalue weighted by Crippen LogP contribution is -2.13. The first kappa shape index (κ1) is 15.3. The van der Waals surface area contributed by atoms with Gasteiger partial charge in [0.25, 0.3) is 5.91 Å². The standard InChI is InChI=1S/C16H10BrClN2O/c17-13-5-7-14(8-6-13)20-16(21)12(10-19)9-11-3-1-2-4-15(11)18/h1-9H,(H,20,21)/b12-9-. The lowest BCUT2D eigenvalue weighted by Gasteiger charge is -2.05. The minimum absolute atomic E-state index is 0.00832. The summed E-state index contributed by atoms with van der Waals surface area (Å²) in [5, 5.41) is 12.3. The van der Waals surface area contributed by atoms with Gasteiger partial charge in [-0.3, -0.25) is 4.79 Å². The molecule has 0 aliphatic heterocycles. The monoisotopic (exact) mass is 360 g/mol. The van der Waals surface area contributed by atoms with Gasteiger partial charge >= 0.3 is 0 Å². The Balaban J connectivity index is 2.22. The maximum atomic E-state index is 12.1. The summed E-state index contributed by atoms with van der Waals surface area (Å²) in [5.74, 6) is -0.472. The summed E-state index contributed by atoms with van der Waals surface area (Å²) < 4.78 is 0.910. The van der Waals surface area contributed by atoms with Gasteiger partial charge in [-0.25, -0.2) is 0 Å². The predicted octanol–water partition coefficient (Wildman–Crippen LogP) is 4.65. The van der Waals surface area contributed by atoms with E-state index in [1.54, 1.807) is 48.5 Å². The SMILES string of the molecule is N#C/C(=C/c1ccccc1Cl)C(=O)Nc1ccc(Br)cc1. The third kappa shape index (κ3) is 4.19. The third-order valence-corrected chi connectivity index (χ3v) is 3.55. The van der Waals surface area contributed by atoms with Gasteiger partial charge < -0.3 is 5.32 Å². The molecule has 0 saturated heterocycles. The summed E-state index contributed by atoms with van der Waals surface area (Å²) in [6, 6.07) is 16.0. The molecule has 0 radical (unpaired) electrons. The quantitative estimate of drug-likeness (QED) is 0.639. The van der Waals surface area contributed by atoms with Gasteiger partial charge in [0.2, 0.25) is 0 Å². The van der Waals surface area contributed by atoms with Crippen molar-refractivity contribution in [3.05, 3.63) is 69.2 Å². The van der Waals surface area contributed by atoms with Gasteiger partial charge in [-0.15, -0.1) is 0 Å². The van der Waals surface area contributed by atoms with Crippen LogP contribution in [0, 0.1) is 11.3 Å². The number of carbonyl (C=O) groups excluding carboxylic acids is 1. The van der Waals surface area contributed by atoms with E-state index in [0.29, 0.717) is 16.3 Å². The number of rotatable bonds is 3. The maximum absolute atomic E-state index is 12.1. The van der Waals surface area contributed by atoms with E-state index in [2.05, 4.69) is 21.2 Å². The van der Waals surface area contributed by atoms with Crippen LogP contribution in [0.2, 0.25) is 5.02 Å². The minimum atomic E-state index is -0.472. The van der Waals surface area contributed by atoms with Crippen molar-refractivity contribution in [2.24, 2.45) is 0 Å². The fourth-order valence-electron chi connectivity index (χ4n) is 1.63. The van der Waals surface area contributed by atoms with Crippen molar-refractivity contribution in [1.29, 1.82) is 5.26 Å². The van der Waals surface area contributed by atoms with E-state index in [-0.39, 0.29) is 5.57 Å². The zero-order valence-electron chi connectivity index (χ0n) is 10.8. The van der Waals surface area contributed by atoms with E-state index in [1.807, 2.05) is 6.07 Å². The Morgan fingerprint density at radius 3 is 2.48 bits per heavy atom. The summed E-state index contributed by atoms with van der Waals surface area (Å²) in [6.07, 6.45) is 1.47. The van der Waals surface area contributed by atoms with Gasteiger partial charge in [-0.2, -0.15) is 5.26 Å². The second kappa shape index (κ2) is 7.07. The number of amides is 1. The van der Waals surface area contributed by atoms with Crippen LogP contribution in [0.15, 0.2) is 58.6 Å². The second-order valence-electron chi connectivity index (χ2n) is 4.15. The zero-order valence-corrected chi connectivity index (χ0v) is 13.1. The van der Waals surface area contributed by atoms with Crippen LogP contribution in [0.5, 0.6) is 0 Å². The Hall–Kier alpha value is -2.09. The molecule has 3 nitrogen and oxygen atoms in total. The summed E-state index contributed by atoms with van der Waals surface area (Å²) in [7, 11) is 0. The molecular weight excluding hydrogens is 352 g/mol. The summed E-state index contributed by atoms with van der Waals surface area (Å²) in [4.78, 5) is 12.1. The Kier molecular flexibility index (Phi) is 5.15. The highest BCUT2D eigenvalue weighted by Gasteiger charge is 2.10. The van der Waals surface area contributed by atoms with Crippen molar-refractivity contribution >= 4 is 45.2 Å². The van der Waals surface area contributed by atoms with Crippen LogP contribution in [0.25, 0.3) is 6.08 Å². The number of hydrogen-bond acceptors (Lipinski definition) is 2. The predicted molar refractivity (Wildman–Crippen MR) is 87.8 cm³/mol. The number of nitrogens with zero attached hydrogens (tertiary/aromatic N) is 1. The second-order valence-corrected chi connectivity index (χ2v) is 5.48. The number of hydrogen-bond donors (Lipinski definition) is 1. The smallest absolute Gasteiger partial charge is 0.266 e. The molecule has 104 valence electrons. The Morgan fingerprint density at radius 1 is 1.19 bits per heavy atom. The highest BCUT2D eigenvalue weighted by Crippen LogP contribution is 2.19. The van der Waals surface area contributed by atoms with E-state index >= 15 is 0 Å². The van der Waals surface area contributed by atoms with E-state index in [1.165, 1.54) is 6.08 Å². The van der Waals surface area contributed by atoms with E-state index < -0.39 is 5.91 Å². The Morgan fingerprint density at radius 2 is 1.86 bits per heavy atom. The summed E-state index contributed by atoms with van der Waals surface area (Å²) in [5.41, 5.74) is 1.23. The molecular formula is C16H10BrClN2O. The van der Waals surface area contributed by atoms with Gasteiger partial charge in [0, 0.05) is 15.2 Å². The largest absolute Gasteiger partial charge is 0.321 e. The van der Waals surface area contributed by atoms with Crippen LogP contribution >= 0.6 is 27.5 Å². The molecule has 0 fully saturated rings. The molecule has 2 aromatic carbocycles. The molecule has 2 rings (SSSR count). The van der Waals surface area contributed by atoms with Gasteiger partial charge in [0.05, 0.1) is 0 Å². The van der Waals surface area contributed by atoms with Crippen molar-refractivity contribution in [2.75, 3.05) is 5.32 Å². The van der Waals surface area contributed by atoms with Gasteiger partial charge in [0.15, 0.2) is 0 Å². The number of benzene rings is 2. The topological polar surface area (TPSA) is 52.9 Å². The molecule has 1 amide bonds. The normalized spacial score (nSPS) is 10.8. The number of nitrogens with one attached hydrogen (secondary N) is 1. The Bertz CT molecular complexity index is 733. The molecule has 2 aromatic rings. The average Bonchev–Trinajstić information content (AvgIpc) is 2.48. The summed E-state index contributed by atoms with van der Waals surface area (Å²) in [6.45, 7) is 0. The van der Waals surface area contributed by atoms with Gasteiger partial charge in [-0.05, 0) is 42.0 Å². The molecule has 1 N–H and O–H groups in total. The van der Waals surface area contributed by atoms with Crippen molar-refractivity contribution in [2.45, 2.75) is 0 Å². The molecule has 0 aliphatic carbocycles. The van der Waals surface area contributed by atoms with Crippen LogP contribution in [0.3, 0.4) is 0 Å². The van der Waals surface area contributed by atoms with Crippen LogP contribution in [0.1, 0.15) is 5.56 Å². The minimum Gasteiger partial charge on any atom is -0.321 e. The van der Waals surface area contributed by atoms with E-state index in [9.17, 15) is 4.79 Å². The number of carbonyl (C=O) groups is 1. The first-order valence-corrected chi connectivity index (χ1v) is 7.20. The van der Waals surface area contributed by atoms with Crippen molar-refractivity contribution in [3.63, 3.8) is 0 Å². The molecule has 0 bridgehead atoms. The Labute approximate surface area is 136 Å². The fraction of sp³-hybridized carbons (Fsp3) is 0.